The van der Waals surface area contributed by atoms with Crippen LogP contribution in [-0.4, -0.2) is 6.61 Å². The molecule has 0 N–H and O–H groups in total. The first kappa shape index (κ1) is 24.8. The second-order valence-electron chi connectivity index (χ2n) is 9.05. The molecule has 1 fully saturated rings. The lowest BCUT2D eigenvalue weighted by Crippen LogP contribution is -2.12. The Bertz CT molecular complexity index is 1200. The SMILES string of the molecule is CC=Cc1ccc(-c2ccc(C=CC3CCC(c4ccc(OCC)c(F)c4)CC3)c(F)c2F)cc1. The zero-order valence-corrected chi connectivity index (χ0v) is 20.2. The van der Waals surface area contributed by atoms with Gasteiger partial charge < -0.3 is 4.74 Å². The van der Waals surface area contributed by atoms with E-state index in [9.17, 15) is 13.2 Å². The third-order valence-corrected chi connectivity index (χ3v) is 6.74. The van der Waals surface area contributed by atoms with Gasteiger partial charge in [0.25, 0.3) is 0 Å². The van der Waals surface area contributed by atoms with E-state index < -0.39 is 11.6 Å². The third kappa shape index (κ3) is 5.87. The summed E-state index contributed by atoms with van der Waals surface area (Å²) in [5.74, 6) is -1.08. The zero-order chi connectivity index (χ0) is 24.8. The minimum atomic E-state index is -0.827. The Hall–Kier alpha value is -3.27. The normalized spacial score (nSPS) is 18.4. The highest BCUT2D eigenvalue weighted by Crippen LogP contribution is 2.38. The lowest BCUT2D eigenvalue weighted by Gasteiger charge is -2.27. The monoisotopic (exact) mass is 476 g/mol. The zero-order valence-electron chi connectivity index (χ0n) is 20.2. The van der Waals surface area contributed by atoms with Crippen molar-refractivity contribution in [3.63, 3.8) is 0 Å². The molecule has 35 heavy (non-hydrogen) atoms. The summed E-state index contributed by atoms with van der Waals surface area (Å²) in [5.41, 5.74) is 3.17. The van der Waals surface area contributed by atoms with E-state index in [1.54, 1.807) is 42.5 Å². The summed E-state index contributed by atoms with van der Waals surface area (Å²) in [6, 6.07) is 15.9. The van der Waals surface area contributed by atoms with Crippen molar-refractivity contribution in [3.8, 4) is 16.9 Å². The highest BCUT2D eigenvalue weighted by Gasteiger charge is 2.22. The fourth-order valence-corrected chi connectivity index (χ4v) is 4.81. The maximum absolute atomic E-state index is 14.8. The highest BCUT2D eigenvalue weighted by atomic mass is 19.2. The van der Waals surface area contributed by atoms with Crippen LogP contribution >= 0.6 is 0 Å². The van der Waals surface area contributed by atoms with E-state index in [-0.39, 0.29) is 16.9 Å². The van der Waals surface area contributed by atoms with Gasteiger partial charge in [0.1, 0.15) is 0 Å². The number of hydrogen-bond acceptors (Lipinski definition) is 1. The van der Waals surface area contributed by atoms with E-state index in [1.807, 2.05) is 50.3 Å². The summed E-state index contributed by atoms with van der Waals surface area (Å²) in [6.07, 6.45) is 11.3. The second-order valence-corrected chi connectivity index (χ2v) is 9.05. The van der Waals surface area contributed by atoms with Crippen molar-refractivity contribution in [2.24, 2.45) is 5.92 Å². The maximum atomic E-state index is 14.8. The van der Waals surface area contributed by atoms with Crippen molar-refractivity contribution >= 4 is 12.2 Å². The molecule has 1 aliphatic carbocycles. The number of hydrogen-bond donors (Lipinski definition) is 0. The van der Waals surface area contributed by atoms with E-state index in [1.165, 1.54) is 0 Å². The van der Waals surface area contributed by atoms with Crippen molar-refractivity contribution in [3.05, 3.63) is 101 Å². The van der Waals surface area contributed by atoms with Gasteiger partial charge in [-0.15, -0.1) is 0 Å². The highest BCUT2D eigenvalue weighted by molar-refractivity contribution is 5.68. The van der Waals surface area contributed by atoms with Crippen molar-refractivity contribution in [1.82, 2.24) is 0 Å². The molecule has 3 aromatic rings. The molecule has 0 heterocycles. The summed E-state index contributed by atoms with van der Waals surface area (Å²) < 4.78 is 49.2. The standard InChI is InChI=1S/C31H31F3O/c1-3-5-21-8-13-24(14-9-21)27-18-16-25(30(33)31(27)34)15-10-22-6-11-23(12-7-22)26-17-19-29(35-4-2)28(32)20-26/h3,5,8-10,13-20,22-23H,4,6-7,11-12H2,1-2H3. The molecule has 0 unspecified atom stereocenters. The fraction of sp³-hybridized carbons (Fsp3) is 0.290. The van der Waals surface area contributed by atoms with Gasteiger partial charge in [-0.2, -0.15) is 0 Å². The van der Waals surface area contributed by atoms with E-state index in [2.05, 4.69) is 0 Å². The molecule has 4 heteroatoms. The summed E-state index contributed by atoms with van der Waals surface area (Å²) in [6.45, 7) is 4.20. The molecule has 1 aliphatic rings. The minimum absolute atomic E-state index is 0.257. The Balaban J connectivity index is 1.40. The number of ether oxygens (including phenoxy) is 1. The van der Waals surface area contributed by atoms with Gasteiger partial charge in [0.15, 0.2) is 23.2 Å². The van der Waals surface area contributed by atoms with Gasteiger partial charge in [-0.1, -0.05) is 66.8 Å². The van der Waals surface area contributed by atoms with Crippen LogP contribution in [-0.2, 0) is 0 Å². The van der Waals surface area contributed by atoms with Crippen LogP contribution in [0.2, 0.25) is 0 Å². The van der Waals surface area contributed by atoms with Crippen molar-refractivity contribution in [2.45, 2.75) is 45.4 Å². The van der Waals surface area contributed by atoms with Crippen molar-refractivity contribution in [1.29, 1.82) is 0 Å². The van der Waals surface area contributed by atoms with Gasteiger partial charge in [0.2, 0.25) is 0 Å². The summed E-state index contributed by atoms with van der Waals surface area (Å²) in [5, 5.41) is 0. The van der Waals surface area contributed by atoms with Crippen LogP contribution in [0.5, 0.6) is 5.75 Å². The number of benzene rings is 3. The predicted molar refractivity (Wildman–Crippen MR) is 138 cm³/mol. The van der Waals surface area contributed by atoms with Crippen molar-refractivity contribution < 1.29 is 17.9 Å². The molecule has 4 rings (SSSR count). The van der Waals surface area contributed by atoms with E-state index >= 15 is 0 Å². The van der Waals surface area contributed by atoms with Gasteiger partial charge in [-0.05, 0) is 80.2 Å². The fourth-order valence-electron chi connectivity index (χ4n) is 4.81. The topological polar surface area (TPSA) is 9.23 Å². The quantitative estimate of drug-likeness (QED) is 0.330. The van der Waals surface area contributed by atoms with Crippen LogP contribution in [0.25, 0.3) is 23.3 Å². The summed E-state index contributed by atoms with van der Waals surface area (Å²) in [7, 11) is 0. The Morgan fingerprint density at radius 3 is 2.26 bits per heavy atom. The lowest BCUT2D eigenvalue weighted by molar-refractivity contribution is 0.320. The summed E-state index contributed by atoms with van der Waals surface area (Å²) >= 11 is 0. The smallest absolute Gasteiger partial charge is 0.167 e. The molecule has 1 nitrogen and oxygen atoms in total. The first-order valence-corrected chi connectivity index (χ1v) is 12.3. The number of rotatable bonds is 7. The largest absolute Gasteiger partial charge is 0.491 e. The van der Waals surface area contributed by atoms with Gasteiger partial charge in [-0.3, -0.25) is 0 Å². The van der Waals surface area contributed by atoms with Crippen LogP contribution in [0, 0.1) is 23.4 Å². The van der Waals surface area contributed by atoms with E-state index in [0.717, 1.165) is 36.8 Å². The molecule has 0 saturated heterocycles. The minimum Gasteiger partial charge on any atom is -0.491 e. The molecule has 0 radical (unpaired) electrons. The first-order valence-electron chi connectivity index (χ1n) is 12.3. The Labute approximate surface area is 206 Å². The molecule has 3 aromatic carbocycles. The van der Waals surface area contributed by atoms with Crippen LogP contribution < -0.4 is 4.74 Å². The van der Waals surface area contributed by atoms with Gasteiger partial charge >= 0.3 is 0 Å². The Morgan fingerprint density at radius 2 is 1.60 bits per heavy atom. The molecule has 0 atom stereocenters. The van der Waals surface area contributed by atoms with Gasteiger partial charge in [-0.25, -0.2) is 13.2 Å². The number of allylic oxidation sites excluding steroid dienone is 2. The second kappa shape index (κ2) is 11.4. The molecule has 0 spiro atoms. The number of halogens is 3. The first-order chi connectivity index (χ1) is 17.0. The molecule has 0 bridgehead atoms. The Kier molecular flexibility index (Phi) is 8.12. The predicted octanol–water partition coefficient (Wildman–Crippen LogP) is 9.19. The molecule has 0 aromatic heterocycles. The van der Waals surface area contributed by atoms with Crippen molar-refractivity contribution in [2.75, 3.05) is 6.61 Å². The maximum Gasteiger partial charge on any atom is 0.167 e. The van der Waals surface area contributed by atoms with Crippen LogP contribution in [0.4, 0.5) is 13.2 Å². The van der Waals surface area contributed by atoms with Crippen LogP contribution in [0.15, 0.2) is 66.7 Å². The summed E-state index contributed by atoms with van der Waals surface area (Å²) in [4.78, 5) is 0. The van der Waals surface area contributed by atoms with E-state index in [0.29, 0.717) is 29.8 Å². The average Bonchev–Trinajstić information content (AvgIpc) is 2.87. The molecular formula is C31H31F3O. The van der Waals surface area contributed by atoms with Crippen LogP contribution in [0.1, 0.15) is 62.1 Å². The molecule has 0 amide bonds. The lowest BCUT2D eigenvalue weighted by atomic mass is 9.78. The van der Waals surface area contributed by atoms with Gasteiger partial charge in [0, 0.05) is 11.1 Å². The van der Waals surface area contributed by atoms with Gasteiger partial charge in [0.05, 0.1) is 6.61 Å². The molecule has 182 valence electrons. The van der Waals surface area contributed by atoms with Crippen LogP contribution in [0.3, 0.4) is 0 Å². The molecular weight excluding hydrogens is 445 g/mol. The Morgan fingerprint density at radius 1 is 0.857 bits per heavy atom. The molecule has 0 aliphatic heterocycles. The molecule has 1 saturated carbocycles. The third-order valence-electron chi connectivity index (χ3n) is 6.74. The average molecular weight is 477 g/mol. The van der Waals surface area contributed by atoms with E-state index in [4.69, 9.17) is 4.74 Å².